The lowest BCUT2D eigenvalue weighted by Gasteiger charge is -2.35. The molecular formula is C11H22N2O2S. The molecule has 16 heavy (non-hydrogen) atoms. The lowest BCUT2D eigenvalue weighted by molar-refractivity contribution is -0.132. The number of aliphatic hydroxyl groups is 1. The smallest absolute Gasteiger partial charge is 0.232 e. The fourth-order valence-electron chi connectivity index (χ4n) is 2.10. The zero-order chi connectivity index (χ0) is 11.8. The molecule has 1 atom stereocenters. The van der Waals surface area contributed by atoms with Gasteiger partial charge in [-0.25, -0.2) is 0 Å². The molecule has 0 saturated carbocycles. The Morgan fingerprint density at radius 1 is 1.50 bits per heavy atom. The minimum Gasteiger partial charge on any atom is -0.396 e. The van der Waals surface area contributed by atoms with Crippen molar-refractivity contribution in [3.63, 3.8) is 0 Å². The van der Waals surface area contributed by atoms with E-state index in [1.54, 1.807) is 11.8 Å². The molecule has 0 spiro atoms. The largest absolute Gasteiger partial charge is 0.396 e. The number of carbonyl (C=O) groups is 1. The summed E-state index contributed by atoms with van der Waals surface area (Å²) >= 11 is 1.60. The number of nitrogens with two attached hydrogens (primary N) is 1. The summed E-state index contributed by atoms with van der Waals surface area (Å²) < 4.78 is 0. The van der Waals surface area contributed by atoms with Gasteiger partial charge in [0.2, 0.25) is 5.91 Å². The number of rotatable bonds is 6. The SMILES string of the molecule is NCCSCC(=O)N1CCCCC1CCO. The first-order valence-corrected chi connectivity index (χ1v) is 7.13. The van der Waals surface area contributed by atoms with Gasteiger partial charge < -0.3 is 15.7 Å². The molecule has 1 unspecified atom stereocenters. The predicted molar refractivity (Wildman–Crippen MR) is 67.4 cm³/mol. The number of carbonyl (C=O) groups excluding carboxylic acids is 1. The highest BCUT2D eigenvalue weighted by molar-refractivity contribution is 7.99. The lowest BCUT2D eigenvalue weighted by atomic mass is 10.00. The molecule has 0 aromatic carbocycles. The van der Waals surface area contributed by atoms with Gasteiger partial charge in [-0.3, -0.25) is 4.79 Å². The molecule has 1 aliphatic heterocycles. The van der Waals surface area contributed by atoms with Crippen molar-refractivity contribution in [1.82, 2.24) is 4.90 Å². The first kappa shape index (κ1) is 13.8. The number of amides is 1. The Labute approximate surface area is 102 Å². The van der Waals surface area contributed by atoms with Gasteiger partial charge in [-0.1, -0.05) is 0 Å². The number of thioether (sulfide) groups is 1. The van der Waals surface area contributed by atoms with E-state index >= 15 is 0 Å². The third-order valence-corrected chi connectivity index (χ3v) is 3.87. The highest BCUT2D eigenvalue weighted by atomic mass is 32.2. The van der Waals surface area contributed by atoms with Crippen molar-refractivity contribution in [2.24, 2.45) is 5.73 Å². The zero-order valence-corrected chi connectivity index (χ0v) is 10.5. The molecule has 0 aromatic rings. The molecule has 4 nitrogen and oxygen atoms in total. The molecule has 0 radical (unpaired) electrons. The molecule has 3 N–H and O–H groups in total. The van der Waals surface area contributed by atoms with Crippen LogP contribution in [0.2, 0.25) is 0 Å². The van der Waals surface area contributed by atoms with Gasteiger partial charge in [-0.05, 0) is 25.7 Å². The van der Waals surface area contributed by atoms with Crippen LogP contribution >= 0.6 is 11.8 Å². The Balaban J connectivity index is 2.37. The molecule has 1 rings (SSSR count). The number of hydrogen-bond acceptors (Lipinski definition) is 4. The molecule has 5 heteroatoms. The minimum atomic E-state index is 0.171. The standard InChI is InChI=1S/C11H22N2O2S/c12-5-8-16-9-11(15)13-6-2-1-3-10(13)4-7-14/h10,14H,1-9,12H2. The molecule has 0 bridgehead atoms. The van der Waals surface area contributed by atoms with Crippen LogP contribution in [0.4, 0.5) is 0 Å². The highest BCUT2D eigenvalue weighted by Gasteiger charge is 2.25. The van der Waals surface area contributed by atoms with Crippen molar-refractivity contribution in [3.05, 3.63) is 0 Å². The van der Waals surface area contributed by atoms with Crippen LogP contribution in [0, 0.1) is 0 Å². The van der Waals surface area contributed by atoms with E-state index in [-0.39, 0.29) is 18.6 Å². The van der Waals surface area contributed by atoms with Gasteiger partial charge in [0.15, 0.2) is 0 Å². The predicted octanol–water partition coefficient (Wildman–Crippen LogP) is 0.442. The van der Waals surface area contributed by atoms with Crippen molar-refractivity contribution >= 4 is 17.7 Å². The second-order valence-corrected chi connectivity index (χ2v) is 5.20. The van der Waals surface area contributed by atoms with Crippen molar-refractivity contribution in [2.75, 3.05) is 31.2 Å². The van der Waals surface area contributed by atoms with Crippen molar-refractivity contribution in [3.8, 4) is 0 Å². The average Bonchev–Trinajstić information content (AvgIpc) is 2.30. The molecule has 0 aromatic heterocycles. The second kappa shape index (κ2) is 7.92. The summed E-state index contributed by atoms with van der Waals surface area (Å²) in [5.41, 5.74) is 5.39. The normalized spacial score (nSPS) is 21.1. The van der Waals surface area contributed by atoms with E-state index in [0.717, 1.165) is 25.1 Å². The molecular weight excluding hydrogens is 224 g/mol. The number of piperidine rings is 1. The number of likely N-dealkylation sites (tertiary alicyclic amines) is 1. The summed E-state index contributed by atoms with van der Waals surface area (Å²) in [7, 11) is 0. The Bertz CT molecular complexity index is 212. The van der Waals surface area contributed by atoms with Gasteiger partial charge in [-0.2, -0.15) is 11.8 Å². The van der Waals surface area contributed by atoms with Crippen LogP contribution in [0.5, 0.6) is 0 Å². The maximum Gasteiger partial charge on any atom is 0.232 e. The van der Waals surface area contributed by atoms with Crippen LogP contribution in [0.1, 0.15) is 25.7 Å². The Kier molecular flexibility index (Phi) is 6.84. The summed E-state index contributed by atoms with van der Waals surface area (Å²) in [5.74, 6) is 1.57. The van der Waals surface area contributed by atoms with E-state index in [1.165, 1.54) is 6.42 Å². The van der Waals surface area contributed by atoms with Gasteiger partial charge >= 0.3 is 0 Å². The van der Waals surface area contributed by atoms with E-state index in [9.17, 15) is 4.79 Å². The van der Waals surface area contributed by atoms with Gasteiger partial charge in [0.25, 0.3) is 0 Å². The van der Waals surface area contributed by atoms with Gasteiger partial charge in [0.05, 0.1) is 5.75 Å². The van der Waals surface area contributed by atoms with Gasteiger partial charge in [0, 0.05) is 31.5 Å². The van der Waals surface area contributed by atoms with Crippen LogP contribution in [0.3, 0.4) is 0 Å². The van der Waals surface area contributed by atoms with Crippen molar-refractivity contribution < 1.29 is 9.90 Å². The number of hydrogen-bond donors (Lipinski definition) is 2. The fourth-order valence-corrected chi connectivity index (χ4v) is 2.76. The van der Waals surface area contributed by atoms with E-state index in [4.69, 9.17) is 10.8 Å². The fraction of sp³-hybridized carbons (Fsp3) is 0.909. The third kappa shape index (κ3) is 4.31. The number of aliphatic hydroxyl groups excluding tert-OH is 1. The van der Waals surface area contributed by atoms with E-state index in [0.29, 0.717) is 18.7 Å². The van der Waals surface area contributed by atoms with Crippen molar-refractivity contribution in [2.45, 2.75) is 31.7 Å². The molecule has 1 fully saturated rings. The van der Waals surface area contributed by atoms with Crippen LogP contribution in [0.25, 0.3) is 0 Å². The molecule has 1 aliphatic rings. The Hall–Kier alpha value is -0.260. The quantitative estimate of drug-likeness (QED) is 0.668. The topological polar surface area (TPSA) is 66.6 Å². The molecule has 94 valence electrons. The Morgan fingerprint density at radius 2 is 2.31 bits per heavy atom. The molecule has 0 aliphatic carbocycles. The summed E-state index contributed by atoms with van der Waals surface area (Å²) in [4.78, 5) is 13.9. The monoisotopic (exact) mass is 246 g/mol. The average molecular weight is 246 g/mol. The Morgan fingerprint density at radius 3 is 3.00 bits per heavy atom. The van der Waals surface area contributed by atoms with Gasteiger partial charge in [0.1, 0.15) is 0 Å². The van der Waals surface area contributed by atoms with E-state index < -0.39 is 0 Å². The van der Waals surface area contributed by atoms with Crippen LogP contribution in [-0.4, -0.2) is 53.2 Å². The maximum atomic E-state index is 11.9. The first-order chi connectivity index (χ1) is 7.79. The number of nitrogens with zero attached hydrogens (tertiary/aromatic N) is 1. The van der Waals surface area contributed by atoms with E-state index in [1.807, 2.05) is 4.90 Å². The second-order valence-electron chi connectivity index (χ2n) is 4.09. The summed E-state index contributed by atoms with van der Waals surface area (Å²) in [5, 5.41) is 8.97. The van der Waals surface area contributed by atoms with Crippen LogP contribution in [-0.2, 0) is 4.79 Å². The molecule has 1 saturated heterocycles. The maximum absolute atomic E-state index is 11.9. The van der Waals surface area contributed by atoms with Crippen molar-refractivity contribution in [1.29, 1.82) is 0 Å². The summed E-state index contributed by atoms with van der Waals surface area (Å²) in [6.45, 7) is 1.65. The van der Waals surface area contributed by atoms with Gasteiger partial charge in [-0.15, -0.1) is 0 Å². The highest BCUT2D eigenvalue weighted by Crippen LogP contribution is 2.20. The molecule has 1 heterocycles. The minimum absolute atomic E-state index is 0.171. The summed E-state index contributed by atoms with van der Waals surface area (Å²) in [6.07, 6.45) is 4.01. The third-order valence-electron chi connectivity index (χ3n) is 2.90. The van der Waals surface area contributed by atoms with Crippen LogP contribution in [0.15, 0.2) is 0 Å². The van der Waals surface area contributed by atoms with Crippen LogP contribution < -0.4 is 5.73 Å². The first-order valence-electron chi connectivity index (χ1n) is 5.97. The summed E-state index contributed by atoms with van der Waals surface area (Å²) in [6, 6.07) is 0.254. The zero-order valence-electron chi connectivity index (χ0n) is 9.73. The molecule has 1 amide bonds. The lowest BCUT2D eigenvalue weighted by Crippen LogP contribution is -2.45. The van der Waals surface area contributed by atoms with E-state index in [2.05, 4.69) is 0 Å².